The van der Waals surface area contributed by atoms with Gasteiger partial charge in [0.2, 0.25) is 5.91 Å². The van der Waals surface area contributed by atoms with Gasteiger partial charge in [-0.3, -0.25) is 9.59 Å². The van der Waals surface area contributed by atoms with Crippen molar-refractivity contribution in [3.05, 3.63) is 30.3 Å². The first-order chi connectivity index (χ1) is 12.5. The van der Waals surface area contributed by atoms with E-state index in [9.17, 15) is 19.5 Å². The van der Waals surface area contributed by atoms with Gasteiger partial charge < -0.3 is 20.1 Å². The van der Waals surface area contributed by atoms with Crippen molar-refractivity contribution >= 4 is 17.8 Å². The summed E-state index contributed by atoms with van der Waals surface area (Å²) >= 11 is 0. The summed E-state index contributed by atoms with van der Waals surface area (Å²) < 4.78 is 5.49. The lowest BCUT2D eigenvalue weighted by Crippen LogP contribution is -2.61. The molecule has 26 heavy (non-hydrogen) atoms. The molecule has 1 saturated heterocycles. The number of hydrogen-bond acceptors (Lipinski definition) is 4. The number of benzene rings is 1. The SMILES string of the molecule is O=C(NC1(C(=O)O)CCC1)C1CCCN(C(=O)COc2ccccc2)C1. The maximum absolute atomic E-state index is 12.5. The summed E-state index contributed by atoms with van der Waals surface area (Å²) in [6.45, 7) is 0.820. The van der Waals surface area contributed by atoms with Gasteiger partial charge in [-0.05, 0) is 44.2 Å². The molecule has 1 atom stereocenters. The molecule has 1 saturated carbocycles. The summed E-state index contributed by atoms with van der Waals surface area (Å²) in [5.74, 6) is -1.16. The van der Waals surface area contributed by atoms with Crippen LogP contribution in [0.25, 0.3) is 0 Å². The van der Waals surface area contributed by atoms with Crippen LogP contribution < -0.4 is 10.1 Å². The Morgan fingerprint density at radius 1 is 1.19 bits per heavy atom. The van der Waals surface area contributed by atoms with E-state index in [0.717, 1.165) is 12.8 Å². The number of rotatable bonds is 6. The minimum absolute atomic E-state index is 0.0720. The zero-order valence-electron chi connectivity index (χ0n) is 14.6. The standard InChI is InChI=1S/C19H24N2O5/c22-16(13-26-15-7-2-1-3-8-15)21-11-4-6-14(12-21)17(23)20-19(18(24)25)9-5-10-19/h1-3,7-8,14H,4-6,9-13H2,(H,20,23)(H,24,25). The fraction of sp³-hybridized carbons (Fsp3) is 0.526. The third-order valence-electron chi connectivity index (χ3n) is 5.23. The summed E-state index contributed by atoms with van der Waals surface area (Å²) in [7, 11) is 0. The molecule has 7 nitrogen and oxygen atoms in total. The molecule has 0 bridgehead atoms. The number of carboxylic acids is 1. The van der Waals surface area contributed by atoms with Gasteiger partial charge in [0, 0.05) is 13.1 Å². The highest BCUT2D eigenvalue weighted by Crippen LogP contribution is 2.33. The lowest BCUT2D eigenvalue weighted by molar-refractivity contribution is -0.153. The average Bonchev–Trinajstić information content (AvgIpc) is 2.63. The molecule has 0 radical (unpaired) electrons. The summed E-state index contributed by atoms with van der Waals surface area (Å²) in [5, 5.41) is 12.1. The van der Waals surface area contributed by atoms with E-state index in [0.29, 0.717) is 38.1 Å². The van der Waals surface area contributed by atoms with E-state index in [1.165, 1.54) is 0 Å². The van der Waals surface area contributed by atoms with Crippen molar-refractivity contribution in [1.29, 1.82) is 0 Å². The highest BCUT2D eigenvalue weighted by molar-refractivity contribution is 5.89. The van der Waals surface area contributed by atoms with Crippen molar-refractivity contribution in [1.82, 2.24) is 10.2 Å². The van der Waals surface area contributed by atoms with Crippen LogP contribution in [-0.4, -0.2) is 53.0 Å². The smallest absolute Gasteiger partial charge is 0.329 e. The summed E-state index contributed by atoms with van der Waals surface area (Å²) in [6.07, 6.45) is 3.11. The van der Waals surface area contributed by atoms with E-state index in [-0.39, 0.29) is 24.3 Å². The molecule has 2 fully saturated rings. The molecule has 1 aromatic carbocycles. The average molecular weight is 360 g/mol. The molecule has 1 unspecified atom stereocenters. The maximum Gasteiger partial charge on any atom is 0.329 e. The molecule has 2 amide bonds. The van der Waals surface area contributed by atoms with Crippen LogP contribution in [0.4, 0.5) is 0 Å². The van der Waals surface area contributed by atoms with Gasteiger partial charge in [0.15, 0.2) is 6.61 Å². The number of likely N-dealkylation sites (tertiary alicyclic amines) is 1. The van der Waals surface area contributed by atoms with Crippen molar-refractivity contribution in [2.45, 2.75) is 37.6 Å². The Kier molecular flexibility index (Phi) is 5.44. The van der Waals surface area contributed by atoms with Crippen LogP contribution >= 0.6 is 0 Å². The second-order valence-electron chi connectivity index (χ2n) is 7.01. The van der Waals surface area contributed by atoms with E-state index in [4.69, 9.17) is 4.74 Å². The van der Waals surface area contributed by atoms with Crippen LogP contribution in [-0.2, 0) is 14.4 Å². The second kappa shape index (κ2) is 7.76. The quantitative estimate of drug-likeness (QED) is 0.800. The van der Waals surface area contributed by atoms with Gasteiger partial charge in [0.1, 0.15) is 11.3 Å². The van der Waals surface area contributed by atoms with Gasteiger partial charge in [-0.1, -0.05) is 18.2 Å². The van der Waals surface area contributed by atoms with E-state index in [2.05, 4.69) is 5.32 Å². The molecular formula is C19H24N2O5. The molecule has 1 aliphatic carbocycles. The fourth-order valence-electron chi connectivity index (χ4n) is 3.43. The largest absolute Gasteiger partial charge is 0.484 e. The van der Waals surface area contributed by atoms with E-state index < -0.39 is 11.5 Å². The number of carboxylic acid groups (broad SMARTS) is 1. The highest BCUT2D eigenvalue weighted by atomic mass is 16.5. The Hall–Kier alpha value is -2.57. The van der Waals surface area contributed by atoms with Crippen LogP contribution in [0.15, 0.2) is 30.3 Å². The zero-order valence-corrected chi connectivity index (χ0v) is 14.6. The molecular weight excluding hydrogens is 336 g/mol. The first-order valence-electron chi connectivity index (χ1n) is 9.01. The van der Waals surface area contributed by atoms with Crippen LogP contribution in [0, 0.1) is 5.92 Å². The van der Waals surface area contributed by atoms with Crippen molar-refractivity contribution in [3.63, 3.8) is 0 Å². The number of carbonyl (C=O) groups excluding carboxylic acids is 2. The number of para-hydroxylation sites is 1. The Labute approximate surface area is 152 Å². The summed E-state index contributed by atoms with van der Waals surface area (Å²) in [5.41, 5.74) is -1.11. The summed E-state index contributed by atoms with van der Waals surface area (Å²) in [6, 6.07) is 9.10. The number of piperidine rings is 1. The number of nitrogens with one attached hydrogen (secondary N) is 1. The van der Waals surface area contributed by atoms with Crippen LogP contribution in [0.2, 0.25) is 0 Å². The highest BCUT2D eigenvalue weighted by Gasteiger charge is 2.46. The molecule has 0 aromatic heterocycles. The number of hydrogen-bond donors (Lipinski definition) is 2. The Bertz CT molecular complexity index is 672. The van der Waals surface area contributed by atoms with Crippen molar-refractivity contribution < 1.29 is 24.2 Å². The predicted molar refractivity (Wildman–Crippen MR) is 93.6 cm³/mol. The molecule has 1 aliphatic heterocycles. The maximum atomic E-state index is 12.5. The van der Waals surface area contributed by atoms with Gasteiger partial charge >= 0.3 is 5.97 Å². The van der Waals surface area contributed by atoms with Gasteiger partial charge in [0.05, 0.1) is 5.92 Å². The minimum atomic E-state index is -1.11. The monoisotopic (exact) mass is 360 g/mol. The van der Waals surface area contributed by atoms with E-state index in [1.807, 2.05) is 18.2 Å². The third kappa shape index (κ3) is 3.98. The van der Waals surface area contributed by atoms with E-state index >= 15 is 0 Å². The number of carbonyl (C=O) groups is 3. The first kappa shape index (κ1) is 18.2. The normalized spacial score (nSPS) is 21.4. The number of ether oxygens (including phenoxy) is 1. The number of nitrogens with zero attached hydrogens (tertiary/aromatic N) is 1. The molecule has 1 heterocycles. The van der Waals surface area contributed by atoms with E-state index in [1.54, 1.807) is 17.0 Å². The van der Waals surface area contributed by atoms with Gasteiger partial charge in [-0.15, -0.1) is 0 Å². The van der Waals surface area contributed by atoms with Gasteiger partial charge in [-0.25, -0.2) is 4.79 Å². The van der Waals surface area contributed by atoms with Gasteiger partial charge in [-0.2, -0.15) is 0 Å². The minimum Gasteiger partial charge on any atom is -0.484 e. The zero-order chi connectivity index (χ0) is 18.6. The van der Waals surface area contributed by atoms with Crippen molar-refractivity contribution in [2.75, 3.05) is 19.7 Å². The second-order valence-corrected chi connectivity index (χ2v) is 7.01. The lowest BCUT2D eigenvalue weighted by Gasteiger charge is -2.40. The lowest BCUT2D eigenvalue weighted by atomic mass is 9.76. The molecule has 3 rings (SSSR count). The molecule has 1 aromatic rings. The Morgan fingerprint density at radius 2 is 1.92 bits per heavy atom. The topological polar surface area (TPSA) is 95.9 Å². The Balaban J connectivity index is 1.52. The van der Waals surface area contributed by atoms with Crippen LogP contribution in [0.5, 0.6) is 5.75 Å². The first-order valence-corrected chi connectivity index (χ1v) is 9.01. The predicted octanol–water partition coefficient (Wildman–Crippen LogP) is 1.43. The summed E-state index contributed by atoms with van der Waals surface area (Å²) in [4.78, 5) is 37.9. The molecule has 0 spiro atoms. The third-order valence-corrected chi connectivity index (χ3v) is 5.23. The number of aliphatic carboxylic acids is 1. The molecule has 140 valence electrons. The van der Waals surface area contributed by atoms with Crippen LogP contribution in [0.3, 0.4) is 0 Å². The van der Waals surface area contributed by atoms with Crippen LogP contribution in [0.1, 0.15) is 32.1 Å². The Morgan fingerprint density at radius 3 is 2.54 bits per heavy atom. The van der Waals surface area contributed by atoms with Crippen molar-refractivity contribution in [3.8, 4) is 5.75 Å². The number of amides is 2. The van der Waals surface area contributed by atoms with Gasteiger partial charge in [0.25, 0.3) is 5.91 Å². The molecule has 2 aliphatic rings. The molecule has 7 heteroatoms. The van der Waals surface area contributed by atoms with Crippen molar-refractivity contribution in [2.24, 2.45) is 5.92 Å². The molecule has 2 N–H and O–H groups in total. The fourth-order valence-corrected chi connectivity index (χ4v) is 3.43.